The van der Waals surface area contributed by atoms with Gasteiger partial charge in [-0.15, -0.1) is 0 Å². The van der Waals surface area contributed by atoms with Crippen LogP contribution >= 0.6 is 11.6 Å². The molecule has 0 aliphatic heterocycles. The summed E-state index contributed by atoms with van der Waals surface area (Å²) in [5, 5.41) is 7.95. The van der Waals surface area contributed by atoms with E-state index in [2.05, 4.69) is 15.8 Å². The maximum atomic E-state index is 11.7. The summed E-state index contributed by atoms with van der Waals surface area (Å²) in [4.78, 5) is 11.7. The molecule has 1 fully saturated rings. The summed E-state index contributed by atoms with van der Waals surface area (Å²) in [5.74, 6) is -0.137. The first kappa shape index (κ1) is 14.9. The van der Waals surface area contributed by atoms with Crippen LogP contribution in [0.3, 0.4) is 0 Å². The maximum Gasteiger partial charge on any atom is 0.259 e. The highest BCUT2D eigenvalue weighted by Gasteiger charge is 2.08. The topological polar surface area (TPSA) is 53.5 Å². The van der Waals surface area contributed by atoms with E-state index in [0.717, 1.165) is 29.8 Å². The Hall–Kier alpha value is -1.55. The standard InChI is InChI=1S/C15H20ClN3O/c1-11-13(16)8-5-9-14(11)17-10-15(20)19-18-12-6-3-2-4-7-12/h5,8-9,17H,2-4,6-7,10H2,1H3,(H,19,20). The molecule has 0 radical (unpaired) electrons. The first-order valence-electron chi connectivity index (χ1n) is 7.00. The molecule has 1 aromatic carbocycles. The van der Waals surface area contributed by atoms with Crippen LogP contribution in [0.1, 0.15) is 37.7 Å². The molecule has 0 spiro atoms. The minimum atomic E-state index is -0.137. The molecule has 1 aliphatic rings. The number of carbonyl (C=O) groups excluding carboxylic acids is 1. The molecule has 2 rings (SSSR count). The van der Waals surface area contributed by atoms with Crippen LogP contribution in [-0.4, -0.2) is 18.2 Å². The predicted molar refractivity (Wildman–Crippen MR) is 83.3 cm³/mol. The van der Waals surface area contributed by atoms with E-state index in [1.807, 2.05) is 25.1 Å². The van der Waals surface area contributed by atoms with Crippen molar-refractivity contribution >= 4 is 28.9 Å². The van der Waals surface area contributed by atoms with Crippen LogP contribution in [0, 0.1) is 6.92 Å². The van der Waals surface area contributed by atoms with Crippen LogP contribution in [0.15, 0.2) is 23.3 Å². The molecule has 1 aliphatic carbocycles. The van der Waals surface area contributed by atoms with Crippen molar-refractivity contribution in [3.05, 3.63) is 28.8 Å². The lowest BCUT2D eigenvalue weighted by Gasteiger charge is -2.13. The molecule has 0 unspecified atom stereocenters. The zero-order valence-corrected chi connectivity index (χ0v) is 12.5. The van der Waals surface area contributed by atoms with Crippen molar-refractivity contribution in [3.8, 4) is 0 Å². The first-order valence-corrected chi connectivity index (χ1v) is 7.38. The molecule has 0 saturated heterocycles. The van der Waals surface area contributed by atoms with Gasteiger partial charge in [0.25, 0.3) is 5.91 Å². The number of hydrogen-bond acceptors (Lipinski definition) is 3. The van der Waals surface area contributed by atoms with Gasteiger partial charge in [0, 0.05) is 16.4 Å². The number of hydrogen-bond donors (Lipinski definition) is 2. The lowest BCUT2D eigenvalue weighted by Crippen LogP contribution is -2.27. The molecule has 0 aromatic heterocycles. The average molecular weight is 294 g/mol. The van der Waals surface area contributed by atoms with Gasteiger partial charge in [0.2, 0.25) is 0 Å². The highest BCUT2D eigenvalue weighted by atomic mass is 35.5. The van der Waals surface area contributed by atoms with E-state index in [1.165, 1.54) is 19.3 Å². The Morgan fingerprint density at radius 1 is 1.30 bits per heavy atom. The fourth-order valence-corrected chi connectivity index (χ4v) is 2.40. The molecular formula is C15H20ClN3O. The summed E-state index contributed by atoms with van der Waals surface area (Å²) in [7, 11) is 0. The van der Waals surface area contributed by atoms with E-state index in [1.54, 1.807) is 0 Å². The third-order valence-corrected chi connectivity index (χ3v) is 3.89. The van der Waals surface area contributed by atoms with Crippen LogP contribution in [0.5, 0.6) is 0 Å². The van der Waals surface area contributed by atoms with Gasteiger partial charge in [0.05, 0.1) is 6.54 Å². The van der Waals surface area contributed by atoms with Crippen molar-refractivity contribution in [3.63, 3.8) is 0 Å². The Bertz CT molecular complexity index is 506. The third-order valence-electron chi connectivity index (χ3n) is 3.48. The highest BCUT2D eigenvalue weighted by Crippen LogP contribution is 2.22. The number of nitrogens with one attached hydrogen (secondary N) is 2. The number of halogens is 1. The fraction of sp³-hybridized carbons (Fsp3) is 0.467. The van der Waals surface area contributed by atoms with E-state index in [4.69, 9.17) is 11.6 Å². The highest BCUT2D eigenvalue weighted by molar-refractivity contribution is 6.31. The van der Waals surface area contributed by atoms with Crippen LogP contribution in [0.4, 0.5) is 5.69 Å². The van der Waals surface area contributed by atoms with E-state index >= 15 is 0 Å². The van der Waals surface area contributed by atoms with Crippen molar-refractivity contribution in [1.82, 2.24) is 5.43 Å². The predicted octanol–water partition coefficient (Wildman–Crippen LogP) is 3.50. The van der Waals surface area contributed by atoms with Crippen LogP contribution < -0.4 is 10.7 Å². The quantitative estimate of drug-likeness (QED) is 0.835. The zero-order chi connectivity index (χ0) is 14.4. The number of hydrazone groups is 1. The van der Waals surface area contributed by atoms with Gasteiger partial charge in [-0.25, -0.2) is 5.43 Å². The molecular weight excluding hydrogens is 274 g/mol. The SMILES string of the molecule is Cc1c(Cl)cccc1NCC(=O)NN=C1CCCCC1. The number of amides is 1. The summed E-state index contributed by atoms with van der Waals surface area (Å²) in [5.41, 5.74) is 5.53. The van der Waals surface area contributed by atoms with E-state index < -0.39 is 0 Å². The third kappa shape index (κ3) is 4.23. The second-order valence-electron chi connectivity index (χ2n) is 5.04. The minimum absolute atomic E-state index is 0.137. The van der Waals surface area contributed by atoms with E-state index in [0.29, 0.717) is 5.02 Å². The molecule has 1 aromatic rings. The molecule has 20 heavy (non-hydrogen) atoms. The van der Waals surface area contributed by atoms with Crippen LogP contribution in [0.2, 0.25) is 5.02 Å². The Morgan fingerprint density at radius 3 is 2.80 bits per heavy atom. The lowest BCUT2D eigenvalue weighted by molar-refractivity contribution is -0.119. The minimum Gasteiger partial charge on any atom is -0.376 e. The zero-order valence-electron chi connectivity index (χ0n) is 11.7. The van der Waals surface area contributed by atoms with Gasteiger partial charge >= 0.3 is 0 Å². The fourth-order valence-electron chi connectivity index (χ4n) is 2.23. The van der Waals surface area contributed by atoms with Crippen LogP contribution in [0.25, 0.3) is 0 Å². The van der Waals surface area contributed by atoms with E-state index in [9.17, 15) is 4.79 Å². The van der Waals surface area contributed by atoms with Crippen molar-refractivity contribution in [2.75, 3.05) is 11.9 Å². The molecule has 2 N–H and O–H groups in total. The molecule has 108 valence electrons. The Balaban J connectivity index is 1.81. The van der Waals surface area contributed by atoms with Crippen molar-refractivity contribution in [2.45, 2.75) is 39.0 Å². The van der Waals surface area contributed by atoms with Gasteiger partial charge in [0.15, 0.2) is 0 Å². The second kappa shape index (κ2) is 7.29. The monoisotopic (exact) mass is 293 g/mol. The molecule has 4 nitrogen and oxygen atoms in total. The van der Waals surface area contributed by atoms with E-state index in [-0.39, 0.29) is 12.5 Å². The summed E-state index contributed by atoms with van der Waals surface area (Å²) < 4.78 is 0. The molecule has 0 atom stereocenters. The van der Waals surface area contributed by atoms with Gasteiger partial charge in [-0.05, 0) is 50.3 Å². The Kier molecular flexibility index (Phi) is 5.41. The number of anilines is 1. The molecule has 5 heteroatoms. The second-order valence-corrected chi connectivity index (χ2v) is 5.45. The lowest BCUT2D eigenvalue weighted by atomic mass is 9.99. The van der Waals surface area contributed by atoms with Crippen molar-refractivity contribution < 1.29 is 4.79 Å². The van der Waals surface area contributed by atoms with Crippen molar-refractivity contribution in [2.24, 2.45) is 5.10 Å². The molecule has 1 amide bonds. The van der Waals surface area contributed by atoms with Gasteiger partial charge in [-0.1, -0.05) is 24.1 Å². The van der Waals surface area contributed by atoms with Gasteiger partial charge in [-0.3, -0.25) is 4.79 Å². The summed E-state index contributed by atoms with van der Waals surface area (Å²) in [6.45, 7) is 2.11. The average Bonchev–Trinajstić information content (AvgIpc) is 2.48. The van der Waals surface area contributed by atoms with Gasteiger partial charge in [-0.2, -0.15) is 5.10 Å². The number of carbonyl (C=O) groups is 1. The number of benzene rings is 1. The largest absolute Gasteiger partial charge is 0.376 e. The van der Waals surface area contributed by atoms with Gasteiger partial charge < -0.3 is 5.32 Å². The van der Waals surface area contributed by atoms with Crippen LogP contribution in [-0.2, 0) is 4.79 Å². The molecule has 0 bridgehead atoms. The number of nitrogens with zero attached hydrogens (tertiary/aromatic N) is 1. The van der Waals surface area contributed by atoms with Crippen molar-refractivity contribution in [1.29, 1.82) is 0 Å². The first-order chi connectivity index (χ1) is 9.66. The maximum absolute atomic E-state index is 11.7. The summed E-state index contributed by atoms with van der Waals surface area (Å²) >= 11 is 6.03. The summed E-state index contributed by atoms with van der Waals surface area (Å²) in [6.07, 6.45) is 5.62. The molecule has 1 saturated carbocycles. The normalized spacial score (nSPS) is 14.8. The Labute approximate surface area is 124 Å². The molecule has 0 heterocycles. The Morgan fingerprint density at radius 2 is 2.05 bits per heavy atom. The summed E-state index contributed by atoms with van der Waals surface area (Å²) in [6, 6.07) is 5.59. The number of rotatable bonds is 4. The smallest absolute Gasteiger partial charge is 0.259 e. The van der Waals surface area contributed by atoms with Gasteiger partial charge in [0.1, 0.15) is 0 Å².